The van der Waals surface area contributed by atoms with Gasteiger partial charge in [0.15, 0.2) is 5.82 Å². The Balaban J connectivity index is 2.02. The highest BCUT2D eigenvalue weighted by molar-refractivity contribution is 6.29. The summed E-state index contributed by atoms with van der Waals surface area (Å²) in [5.41, 5.74) is 0. The molecule has 7 heteroatoms. The summed E-state index contributed by atoms with van der Waals surface area (Å²) in [6.45, 7) is 3.43. The standard InChI is InChI=1S/C9H11ClN6/c1-2-16-6-14-15-9(16)4-11-8-3-7(10)12-5-13-8/h3,5-6H,2,4H2,1H3,(H,11,12,13). The molecular formula is C9H11ClN6. The zero-order chi connectivity index (χ0) is 11.4. The van der Waals surface area contributed by atoms with Gasteiger partial charge in [0.25, 0.3) is 0 Å². The fourth-order valence-electron chi connectivity index (χ4n) is 1.28. The Morgan fingerprint density at radius 3 is 3.06 bits per heavy atom. The Hall–Kier alpha value is -1.69. The number of aromatic nitrogens is 5. The second-order valence-corrected chi connectivity index (χ2v) is 3.50. The molecule has 0 amide bonds. The lowest BCUT2D eigenvalue weighted by atomic mass is 10.5. The van der Waals surface area contributed by atoms with Gasteiger partial charge in [-0.1, -0.05) is 11.6 Å². The molecule has 84 valence electrons. The number of aryl methyl sites for hydroxylation is 1. The van der Waals surface area contributed by atoms with E-state index in [0.717, 1.165) is 12.4 Å². The van der Waals surface area contributed by atoms with Crippen LogP contribution in [0.4, 0.5) is 5.82 Å². The van der Waals surface area contributed by atoms with Crippen molar-refractivity contribution >= 4 is 17.4 Å². The van der Waals surface area contributed by atoms with E-state index in [1.807, 2.05) is 11.5 Å². The van der Waals surface area contributed by atoms with Crippen molar-refractivity contribution in [3.05, 3.63) is 29.7 Å². The van der Waals surface area contributed by atoms with Gasteiger partial charge in [-0.2, -0.15) is 0 Å². The van der Waals surface area contributed by atoms with Crippen molar-refractivity contribution in [2.24, 2.45) is 0 Å². The predicted molar refractivity (Wildman–Crippen MR) is 60.1 cm³/mol. The maximum absolute atomic E-state index is 5.74. The van der Waals surface area contributed by atoms with Gasteiger partial charge >= 0.3 is 0 Å². The normalized spacial score (nSPS) is 10.4. The molecule has 0 unspecified atom stereocenters. The highest BCUT2D eigenvalue weighted by atomic mass is 35.5. The van der Waals surface area contributed by atoms with E-state index in [1.165, 1.54) is 6.33 Å². The van der Waals surface area contributed by atoms with Crippen LogP contribution in [0.15, 0.2) is 18.7 Å². The van der Waals surface area contributed by atoms with E-state index < -0.39 is 0 Å². The van der Waals surface area contributed by atoms with E-state index in [0.29, 0.717) is 17.5 Å². The Morgan fingerprint density at radius 2 is 2.31 bits per heavy atom. The first-order valence-electron chi connectivity index (χ1n) is 4.87. The predicted octanol–water partition coefficient (Wildman–Crippen LogP) is 1.35. The van der Waals surface area contributed by atoms with E-state index in [4.69, 9.17) is 11.6 Å². The lowest BCUT2D eigenvalue weighted by Gasteiger charge is -2.05. The molecule has 0 fully saturated rings. The van der Waals surface area contributed by atoms with Gasteiger partial charge in [-0.15, -0.1) is 10.2 Å². The summed E-state index contributed by atoms with van der Waals surface area (Å²) in [4.78, 5) is 7.83. The summed E-state index contributed by atoms with van der Waals surface area (Å²) >= 11 is 5.74. The largest absolute Gasteiger partial charge is 0.363 e. The lowest BCUT2D eigenvalue weighted by molar-refractivity contribution is 0.707. The Morgan fingerprint density at radius 1 is 1.44 bits per heavy atom. The second-order valence-electron chi connectivity index (χ2n) is 3.11. The summed E-state index contributed by atoms with van der Waals surface area (Å²) in [5.74, 6) is 1.53. The molecule has 0 bridgehead atoms. The first kappa shape index (κ1) is 10.8. The topological polar surface area (TPSA) is 68.5 Å². The minimum atomic E-state index is 0.412. The van der Waals surface area contributed by atoms with Gasteiger partial charge in [-0.05, 0) is 6.92 Å². The Kier molecular flexibility index (Phi) is 3.31. The van der Waals surface area contributed by atoms with Gasteiger partial charge in [0.2, 0.25) is 0 Å². The monoisotopic (exact) mass is 238 g/mol. The number of halogens is 1. The van der Waals surface area contributed by atoms with E-state index in [9.17, 15) is 0 Å². The van der Waals surface area contributed by atoms with Crippen LogP contribution in [0.5, 0.6) is 0 Å². The van der Waals surface area contributed by atoms with Crippen molar-refractivity contribution in [1.82, 2.24) is 24.7 Å². The van der Waals surface area contributed by atoms with Gasteiger partial charge in [-0.3, -0.25) is 0 Å². The summed E-state index contributed by atoms with van der Waals surface area (Å²) in [7, 11) is 0. The van der Waals surface area contributed by atoms with Gasteiger partial charge in [0.1, 0.15) is 23.6 Å². The average Bonchev–Trinajstić information content (AvgIpc) is 2.74. The van der Waals surface area contributed by atoms with E-state index in [2.05, 4.69) is 25.5 Å². The molecule has 0 radical (unpaired) electrons. The van der Waals surface area contributed by atoms with Crippen LogP contribution in [0.2, 0.25) is 5.15 Å². The molecule has 2 heterocycles. The summed E-state index contributed by atoms with van der Waals surface area (Å²) < 4.78 is 1.95. The minimum Gasteiger partial charge on any atom is -0.363 e. The molecule has 2 rings (SSSR count). The van der Waals surface area contributed by atoms with Gasteiger partial charge in [0.05, 0.1) is 6.54 Å². The number of rotatable bonds is 4. The van der Waals surface area contributed by atoms with Crippen LogP contribution in [0, 0.1) is 0 Å². The van der Waals surface area contributed by atoms with Crippen LogP contribution in [0.1, 0.15) is 12.7 Å². The number of anilines is 1. The van der Waals surface area contributed by atoms with Crippen molar-refractivity contribution in [3.8, 4) is 0 Å². The van der Waals surface area contributed by atoms with E-state index in [-0.39, 0.29) is 0 Å². The molecule has 0 spiro atoms. The van der Waals surface area contributed by atoms with Crippen LogP contribution in [0.25, 0.3) is 0 Å². The maximum Gasteiger partial charge on any atom is 0.152 e. The SMILES string of the molecule is CCn1cnnc1CNc1cc(Cl)ncn1. The minimum absolute atomic E-state index is 0.412. The molecule has 0 saturated heterocycles. The van der Waals surface area contributed by atoms with E-state index >= 15 is 0 Å². The fraction of sp³-hybridized carbons (Fsp3) is 0.333. The van der Waals surface area contributed by atoms with Crippen molar-refractivity contribution in [3.63, 3.8) is 0 Å². The zero-order valence-electron chi connectivity index (χ0n) is 8.76. The number of hydrogen-bond acceptors (Lipinski definition) is 5. The quantitative estimate of drug-likeness (QED) is 0.815. The van der Waals surface area contributed by atoms with Crippen LogP contribution >= 0.6 is 11.6 Å². The zero-order valence-corrected chi connectivity index (χ0v) is 9.52. The highest BCUT2D eigenvalue weighted by Gasteiger charge is 2.02. The molecule has 0 saturated carbocycles. The third kappa shape index (κ3) is 2.46. The summed E-state index contributed by atoms with van der Waals surface area (Å²) in [6, 6.07) is 1.66. The van der Waals surface area contributed by atoms with Crippen LogP contribution < -0.4 is 5.32 Å². The molecule has 2 aromatic rings. The molecule has 2 aromatic heterocycles. The highest BCUT2D eigenvalue weighted by Crippen LogP contribution is 2.09. The molecule has 0 aromatic carbocycles. The van der Waals surface area contributed by atoms with Crippen molar-refractivity contribution in [2.45, 2.75) is 20.0 Å². The molecule has 6 nitrogen and oxygen atoms in total. The fourth-order valence-corrected chi connectivity index (χ4v) is 1.43. The van der Waals surface area contributed by atoms with Gasteiger partial charge in [0, 0.05) is 12.6 Å². The molecule has 0 aliphatic heterocycles. The van der Waals surface area contributed by atoms with Crippen LogP contribution in [0.3, 0.4) is 0 Å². The van der Waals surface area contributed by atoms with Crippen molar-refractivity contribution in [1.29, 1.82) is 0 Å². The Bertz CT molecular complexity index is 469. The third-order valence-electron chi connectivity index (χ3n) is 2.10. The maximum atomic E-state index is 5.74. The van der Waals surface area contributed by atoms with Gasteiger partial charge in [-0.25, -0.2) is 9.97 Å². The molecule has 1 N–H and O–H groups in total. The summed E-state index contributed by atoms with van der Waals surface area (Å²) in [5, 5.41) is 11.4. The Labute approximate surface area is 97.7 Å². The number of hydrogen-bond donors (Lipinski definition) is 1. The first-order valence-corrected chi connectivity index (χ1v) is 5.25. The summed E-state index contributed by atoms with van der Waals surface area (Å²) in [6.07, 6.45) is 3.11. The van der Waals surface area contributed by atoms with Crippen LogP contribution in [-0.2, 0) is 13.1 Å². The first-order chi connectivity index (χ1) is 7.79. The van der Waals surface area contributed by atoms with E-state index in [1.54, 1.807) is 12.4 Å². The number of nitrogens with one attached hydrogen (secondary N) is 1. The van der Waals surface area contributed by atoms with Crippen molar-refractivity contribution in [2.75, 3.05) is 5.32 Å². The molecule has 0 atom stereocenters. The molecule has 0 aliphatic rings. The van der Waals surface area contributed by atoms with Crippen molar-refractivity contribution < 1.29 is 0 Å². The second kappa shape index (κ2) is 4.89. The smallest absolute Gasteiger partial charge is 0.152 e. The van der Waals surface area contributed by atoms with Crippen LogP contribution in [-0.4, -0.2) is 24.7 Å². The third-order valence-corrected chi connectivity index (χ3v) is 2.30. The lowest BCUT2D eigenvalue weighted by Crippen LogP contribution is -2.08. The molecule has 0 aliphatic carbocycles. The number of nitrogens with zero attached hydrogens (tertiary/aromatic N) is 5. The average molecular weight is 239 g/mol. The van der Waals surface area contributed by atoms with Gasteiger partial charge < -0.3 is 9.88 Å². The molecular weight excluding hydrogens is 228 g/mol. The molecule has 16 heavy (non-hydrogen) atoms.